The molecule has 1 fully saturated rings. The summed E-state index contributed by atoms with van der Waals surface area (Å²) in [7, 11) is 0. The van der Waals surface area contributed by atoms with Crippen molar-refractivity contribution in [2.75, 3.05) is 17.3 Å². The molecule has 1 aromatic heterocycles. The molecule has 6 heteroatoms. The minimum absolute atomic E-state index is 0.277. The van der Waals surface area contributed by atoms with Gasteiger partial charge in [-0.3, -0.25) is 0 Å². The second-order valence-electron chi connectivity index (χ2n) is 6.27. The lowest BCUT2D eigenvalue weighted by molar-refractivity contribution is 0.128. The maximum absolute atomic E-state index is 5.49. The molecule has 0 amide bonds. The zero-order chi connectivity index (χ0) is 15.3. The number of hydrogen-bond donors (Lipinski definition) is 3. The molecule has 1 aliphatic carbocycles. The highest BCUT2D eigenvalue weighted by Gasteiger charge is 2.32. The number of anilines is 2. The molecule has 1 atom stereocenters. The standard InChI is InChI=1S/C15H27N5O/c1-4-21-10-14-18-12(9-13(19-14)20-16)17-11-7-5-6-8-15(11,2)3/h9,11H,4-8,10,16H2,1-3H3,(H2,17,18,19,20). The van der Waals surface area contributed by atoms with Crippen LogP contribution >= 0.6 is 0 Å². The summed E-state index contributed by atoms with van der Waals surface area (Å²) in [6.45, 7) is 7.62. The third-order valence-electron chi connectivity index (χ3n) is 4.18. The van der Waals surface area contributed by atoms with Crippen molar-refractivity contribution in [1.29, 1.82) is 0 Å². The van der Waals surface area contributed by atoms with Crippen molar-refractivity contribution < 1.29 is 4.74 Å². The van der Waals surface area contributed by atoms with Crippen LogP contribution < -0.4 is 16.6 Å². The van der Waals surface area contributed by atoms with Crippen molar-refractivity contribution >= 4 is 11.6 Å². The van der Waals surface area contributed by atoms with E-state index in [1.54, 1.807) is 0 Å². The van der Waals surface area contributed by atoms with E-state index in [1.165, 1.54) is 25.7 Å². The lowest BCUT2D eigenvalue weighted by atomic mass is 9.73. The number of nitrogens with two attached hydrogens (primary N) is 1. The van der Waals surface area contributed by atoms with Crippen LogP contribution in [-0.2, 0) is 11.3 Å². The van der Waals surface area contributed by atoms with Gasteiger partial charge in [-0.25, -0.2) is 15.8 Å². The molecule has 118 valence electrons. The summed E-state index contributed by atoms with van der Waals surface area (Å²) in [5.41, 5.74) is 2.87. The largest absolute Gasteiger partial charge is 0.374 e. The van der Waals surface area contributed by atoms with Gasteiger partial charge in [-0.15, -0.1) is 0 Å². The van der Waals surface area contributed by atoms with Crippen molar-refractivity contribution in [3.05, 3.63) is 11.9 Å². The van der Waals surface area contributed by atoms with Gasteiger partial charge < -0.3 is 15.5 Å². The highest BCUT2D eigenvalue weighted by atomic mass is 16.5. The lowest BCUT2D eigenvalue weighted by Gasteiger charge is -2.39. The molecule has 2 rings (SSSR count). The molecule has 1 aromatic rings. The number of rotatable bonds is 6. The van der Waals surface area contributed by atoms with E-state index in [0.717, 1.165) is 5.82 Å². The monoisotopic (exact) mass is 293 g/mol. The predicted molar refractivity (Wildman–Crippen MR) is 84.8 cm³/mol. The van der Waals surface area contributed by atoms with Gasteiger partial charge in [0.25, 0.3) is 0 Å². The molecule has 1 aliphatic rings. The molecule has 0 bridgehead atoms. The fourth-order valence-electron chi connectivity index (χ4n) is 2.84. The molecule has 6 nitrogen and oxygen atoms in total. The second-order valence-corrected chi connectivity index (χ2v) is 6.27. The van der Waals surface area contributed by atoms with Gasteiger partial charge in [0.2, 0.25) is 0 Å². The first-order valence-corrected chi connectivity index (χ1v) is 7.74. The van der Waals surface area contributed by atoms with E-state index in [2.05, 4.69) is 34.6 Å². The number of nitrogens with zero attached hydrogens (tertiary/aromatic N) is 2. The van der Waals surface area contributed by atoms with Crippen LogP contribution in [0.25, 0.3) is 0 Å². The highest BCUT2D eigenvalue weighted by Crippen LogP contribution is 2.37. The Morgan fingerprint density at radius 1 is 1.33 bits per heavy atom. The molecule has 0 spiro atoms. The quantitative estimate of drug-likeness (QED) is 0.552. The van der Waals surface area contributed by atoms with Crippen LogP contribution in [0.2, 0.25) is 0 Å². The van der Waals surface area contributed by atoms with Gasteiger partial charge in [0, 0.05) is 18.7 Å². The van der Waals surface area contributed by atoms with E-state index in [1.807, 2.05) is 13.0 Å². The van der Waals surface area contributed by atoms with Crippen LogP contribution in [0.1, 0.15) is 52.3 Å². The Hall–Kier alpha value is -1.40. The molecule has 0 aliphatic heterocycles. The zero-order valence-electron chi connectivity index (χ0n) is 13.3. The molecular weight excluding hydrogens is 266 g/mol. The first kappa shape index (κ1) is 16.0. The van der Waals surface area contributed by atoms with Gasteiger partial charge in [0.1, 0.15) is 18.2 Å². The van der Waals surface area contributed by atoms with E-state index in [9.17, 15) is 0 Å². The van der Waals surface area contributed by atoms with Crippen molar-refractivity contribution in [2.45, 2.75) is 59.1 Å². The normalized spacial score (nSPS) is 21.0. The van der Waals surface area contributed by atoms with Crippen LogP contribution in [0.4, 0.5) is 11.6 Å². The number of hydrogen-bond acceptors (Lipinski definition) is 6. The van der Waals surface area contributed by atoms with Crippen molar-refractivity contribution in [3.8, 4) is 0 Å². The summed E-state index contributed by atoms with van der Waals surface area (Å²) in [5.74, 6) is 7.56. The summed E-state index contributed by atoms with van der Waals surface area (Å²) < 4.78 is 5.38. The summed E-state index contributed by atoms with van der Waals surface area (Å²) >= 11 is 0. The van der Waals surface area contributed by atoms with Crippen LogP contribution in [0.15, 0.2) is 6.07 Å². The van der Waals surface area contributed by atoms with Gasteiger partial charge in [0.15, 0.2) is 5.82 Å². The number of ether oxygens (including phenoxy) is 1. The lowest BCUT2D eigenvalue weighted by Crippen LogP contribution is -2.39. The zero-order valence-corrected chi connectivity index (χ0v) is 13.3. The van der Waals surface area contributed by atoms with E-state index < -0.39 is 0 Å². The highest BCUT2D eigenvalue weighted by molar-refractivity contribution is 5.47. The second kappa shape index (κ2) is 7.04. The predicted octanol–water partition coefficient (Wildman–Crippen LogP) is 2.68. The van der Waals surface area contributed by atoms with Gasteiger partial charge >= 0.3 is 0 Å². The topological polar surface area (TPSA) is 85.1 Å². The number of nitrogens with one attached hydrogen (secondary N) is 2. The molecule has 0 radical (unpaired) electrons. The van der Waals surface area contributed by atoms with Gasteiger partial charge in [0.05, 0.1) is 0 Å². The van der Waals surface area contributed by atoms with Crippen LogP contribution in [0.5, 0.6) is 0 Å². The molecule has 1 unspecified atom stereocenters. The summed E-state index contributed by atoms with van der Waals surface area (Å²) in [6, 6.07) is 2.27. The molecule has 0 aromatic carbocycles. The minimum atomic E-state index is 0.277. The summed E-state index contributed by atoms with van der Waals surface area (Å²) in [5, 5.41) is 3.56. The van der Waals surface area contributed by atoms with E-state index in [-0.39, 0.29) is 5.41 Å². The molecule has 1 saturated carbocycles. The average molecular weight is 293 g/mol. The molecule has 21 heavy (non-hydrogen) atoms. The van der Waals surface area contributed by atoms with Gasteiger partial charge in [-0.1, -0.05) is 26.7 Å². The number of nitrogen functional groups attached to an aromatic ring is 1. The Balaban J connectivity index is 2.14. The first-order valence-electron chi connectivity index (χ1n) is 7.74. The third-order valence-corrected chi connectivity index (χ3v) is 4.18. The van der Waals surface area contributed by atoms with E-state index in [0.29, 0.717) is 30.9 Å². The fourth-order valence-corrected chi connectivity index (χ4v) is 2.84. The molecular formula is C15H27N5O. The maximum atomic E-state index is 5.49. The van der Waals surface area contributed by atoms with Crippen LogP contribution in [0.3, 0.4) is 0 Å². The Bertz CT molecular complexity index is 463. The third kappa shape index (κ3) is 4.28. The Morgan fingerprint density at radius 2 is 2.10 bits per heavy atom. The van der Waals surface area contributed by atoms with Crippen molar-refractivity contribution in [2.24, 2.45) is 11.3 Å². The molecule has 1 heterocycles. The summed E-state index contributed by atoms with van der Waals surface area (Å²) in [4.78, 5) is 8.84. The van der Waals surface area contributed by atoms with Crippen molar-refractivity contribution in [3.63, 3.8) is 0 Å². The SMILES string of the molecule is CCOCc1nc(NN)cc(NC2CCCCC2(C)C)n1. The Morgan fingerprint density at radius 3 is 2.76 bits per heavy atom. The summed E-state index contributed by atoms with van der Waals surface area (Å²) in [6.07, 6.45) is 4.98. The smallest absolute Gasteiger partial charge is 0.158 e. The Labute approximate surface area is 126 Å². The molecule has 0 saturated heterocycles. The Kier molecular flexibility index (Phi) is 5.36. The number of hydrazine groups is 1. The molecule has 4 N–H and O–H groups in total. The van der Waals surface area contributed by atoms with E-state index >= 15 is 0 Å². The average Bonchev–Trinajstić information content (AvgIpc) is 2.47. The minimum Gasteiger partial charge on any atom is -0.374 e. The first-order chi connectivity index (χ1) is 10.0. The maximum Gasteiger partial charge on any atom is 0.158 e. The van der Waals surface area contributed by atoms with Gasteiger partial charge in [-0.2, -0.15) is 0 Å². The van der Waals surface area contributed by atoms with Crippen LogP contribution in [-0.4, -0.2) is 22.6 Å². The number of aromatic nitrogens is 2. The van der Waals surface area contributed by atoms with Crippen LogP contribution in [0, 0.1) is 5.41 Å². The van der Waals surface area contributed by atoms with E-state index in [4.69, 9.17) is 10.6 Å². The van der Waals surface area contributed by atoms with Crippen molar-refractivity contribution in [1.82, 2.24) is 9.97 Å². The fraction of sp³-hybridized carbons (Fsp3) is 0.733. The van der Waals surface area contributed by atoms with Gasteiger partial charge in [-0.05, 0) is 25.2 Å².